The van der Waals surface area contributed by atoms with Gasteiger partial charge >= 0.3 is 6.09 Å². The monoisotopic (exact) mass is 575 g/mol. The Bertz CT molecular complexity index is 1280. The summed E-state index contributed by atoms with van der Waals surface area (Å²) in [5.41, 5.74) is 2.74. The summed E-state index contributed by atoms with van der Waals surface area (Å²) in [5, 5.41) is 15.4. The number of rotatable bonds is 14. The Labute approximate surface area is 248 Å². The van der Waals surface area contributed by atoms with E-state index < -0.39 is 17.8 Å². The summed E-state index contributed by atoms with van der Waals surface area (Å²) in [6, 6.07) is 21.1. The molecule has 1 aliphatic heterocycles. The molecule has 1 heterocycles. The number of piperidine rings is 1. The van der Waals surface area contributed by atoms with Gasteiger partial charge in [-0.3, -0.25) is 10.1 Å². The zero-order valence-electron chi connectivity index (χ0n) is 24.2. The molecule has 1 aliphatic rings. The maximum atomic E-state index is 13.3. The zero-order chi connectivity index (χ0) is 29.6. The summed E-state index contributed by atoms with van der Waals surface area (Å²) in [4.78, 5) is 27.2. The second-order valence-corrected chi connectivity index (χ2v) is 10.9. The molecule has 0 radical (unpaired) electrons. The van der Waals surface area contributed by atoms with Gasteiger partial charge < -0.3 is 20.1 Å². The van der Waals surface area contributed by atoms with E-state index in [2.05, 4.69) is 15.5 Å². The molecule has 0 aliphatic carbocycles. The molecule has 1 saturated heterocycles. The van der Waals surface area contributed by atoms with Crippen molar-refractivity contribution in [2.75, 3.05) is 31.5 Å². The van der Waals surface area contributed by atoms with Gasteiger partial charge in [0.05, 0.1) is 11.3 Å². The number of halogens is 1. The van der Waals surface area contributed by atoms with Crippen LogP contribution in [0.4, 0.5) is 14.9 Å². The van der Waals surface area contributed by atoms with Crippen LogP contribution >= 0.6 is 0 Å². The summed E-state index contributed by atoms with van der Waals surface area (Å²) in [7, 11) is 0. The molecule has 1 fully saturated rings. The van der Waals surface area contributed by atoms with Crippen molar-refractivity contribution in [2.24, 2.45) is 0 Å². The third-order valence-corrected chi connectivity index (χ3v) is 7.70. The molecule has 4 rings (SSSR count). The Balaban J connectivity index is 1.01. The van der Waals surface area contributed by atoms with Crippen LogP contribution in [0.2, 0.25) is 0 Å². The van der Waals surface area contributed by atoms with Crippen LogP contribution < -0.4 is 10.6 Å². The van der Waals surface area contributed by atoms with Crippen molar-refractivity contribution in [1.82, 2.24) is 10.2 Å². The molecular weight excluding hydrogens is 533 g/mol. The molecular formula is C34H42FN3O4. The molecule has 224 valence electrons. The molecule has 0 saturated carbocycles. The quantitative estimate of drug-likeness (QED) is 0.175. The lowest BCUT2D eigenvalue weighted by atomic mass is 10.0. The molecule has 2 amide bonds. The van der Waals surface area contributed by atoms with Gasteiger partial charge in [0.1, 0.15) is 17.7 Å². The summed E-state index contributed by atoms with van der Waals surface area (Å²) in [6.45, 7) is 3.47. The van der Waals surface area contributed by atoms with Crippen LogP contribution in [-0.4, -0.2) is 54.3 Å². The van der Waals surface area contributed by atoms with E-state index in [9.17, 15) is 19.1 Å². The molecule has 0 aromatic heterocycles. The number of nitrogens with one attached hydrogen (secondary N) is 2. The number of benzene rings is 3. The van der Waals surface area contributed by atoms with Gasteiger partial charge in [-0.1, -0.05) is 80.6 Å². The van der Waals surface area contributed by atoms with Gasteiger partial charge in [0.15, 0.2) is 0 Å². The van der Waals surface area contributed by atoms with Crippen molar-refractivity contribution < 1.29 is 23.8 Å². The Morgan fingerprint density at radius 1 is 0.857 bits per heavy atom. The smallest absolute Gasteiger partial charge is 0.411 e. The second-order valence-electron chi connectivity index (χ2n) is 10.9. The number of para-hydroxylation sites is 1. The first-order valence-corrected chi connectivity index (χ1v) is 15.1. The van der Waals surface area contributed by atoms with Crippen LogP contribution in [0.25, 0.3) is 11.1 Å². The molecule has 3 aromatic rings. The largest absolute Gasteiger partial charge is 0.507 e. The number of hydrogen-bond donors (Lipinski definition) is 3. The minimum absolute atomic E-state index is 0.0297. The minimum atomic E-state index is -0.544. The van der Waals surface area contributed by atoms with Gasteiger partial charge in [0, 0.05) is 25.2 Å². The van der Waals surface area contributed by atoms with Crippen molar-refractivity contribution >= 4 is 17.7 Å². The van der Waals surface area contributed by atoms with E-state index in [4.69, 9.17) is 4.74 Å². The van der Waals surface area contributed by atoms with Gasteiger partial charge in [0.25, 0.3) is 5.91 Å². The van der Waals surface area contributed by atoms with Crippen molar-refractivity contribution in [1.29, 1.82) is 0 Å². The van der Waals surface area contributed by atoms with Crippen molar-refractivity contribution in [2.45, 2.75) is 63.9 Å². The number of hydrogen-bond acceptors (Lipinski definition) is 5. The van der Waals surface area contributed by atoms with E-state index in [1.54, 1.807) is 0 Å². The first kappa shape index (κ1) is 31.0. The fourth-order valence-electron chi connectivity index (χ4n) is 5.33. The molecule has 42 heavy (non-hydrogen) atoms. The number of anilines is 1. The van der Waals surface area contributed by atoms with E-state index in [1.165, 1.54) is 18.9 Å². The van der Waals surface area contributed by atoms with Gasteiger partial charge in [-0.2, -0.15) is 0 Å². The number of ether oxygens (including phenoxy) is 1. The number of likely N-dealkylation sites (tertiary alicyclic amines) is 1. The number of carbonyl (C=O) groups excluding carboxylic acids is 2. The topological polar surface area (TPSA) is 90.9 Å². The summed E-state index contributed by atoms with van der Waals surface area (Å²) >= 11 is 0. The first-order chi connectivity index (χ1) is 20.5. The molecule has 8 heteroatoms. The standard InChI is InChI=1S/C34H42FN3O4/c35-27-17-18-32(39)30(25-27)33(40)36-21-11-4-2-1-3-5-12-22-38-23-19-28(20-24-38)42-34(41)37-31-16-10-9-15-29(31)26-13-7-6-8-14-26/h6-10,13-18,25,28,39H,1-5,11-12,19-24H2,(H,36,40)(H,37,41). The lowest BCUT2D eigenvalue weighted by Gasteiger charge is -2.31. The van der Waals surface area contributed by atoms with Gasteiger partial charge in [-0.15, -0.1) is 0 Å². The molecule has 0 atom stereocenters. The zero-order valence-corrected chi connectivity index (χ0v) is 24.2. The Morgan fingerprint density at radius 3 is 2.29 bits per heavy atom. The average molecular weight is 576 g/mol. The number of unbranched alkanes of at least 4 members (excludes halogenated alkanes) is 6. The van der Waals surface area contributed by atoms with Crippen molar-refractivity contribution in [3.8, 4) is 16.9 Å². The maximum Gasteiger partial charge on any atom is 0.411 e. The number of carbonyl (C=O) groups is 2. The highest BCUT2D eigenvalue weighted by atomic mass is 19.1. The van der Waals surface area contributed by atoms with Crippen LogP contribution in [0.5, 0.6) is 5.75 Å². The van der Waals surface area contributed by atoms with Gasteiger partial charge in [0.2, 0.25) is 0 Å². The average Bonchev–Trinajstić information content (AvgIpc) is 3.00. The molecule has 0 unspecified atom stereocenters. The van der Waals surface area contributed by atoms with Crippen molar-refractivity contribution in [3.63, 3.8) is 0 Å². The molecule has 0 spiro atoms. The van der Waals surface area contributed by atoms with E-state index in [0.717, 1.165) is 93.5 Å². The highest BCUT2D eigenvalue weighted by molar-refractivity contribution is 5.96. The Hall–Kier alpha value is -3.91. The number of nitrogens with zero attached hydrogens (tertiary/aromatic N) is 1. The number of aromatic hydroxyl groups is 1. The van der Waals surface area contributed by atoms with Crippen molar-refractivity contribution in [3.05, 3.63) is 84.2 Å². The Morgan fingerprint density at radius 2 is 1.52 bits per heavy atom. The summed E-state index contributed by atoms with van der Waals surface area (Å²) in [5.74, 6) is -1.20. The third kappa shape index (κ3) is 9.87. The number of amides is 2. The molecule has 3 aromatic carbocycles. The van der Waals surface area contributed by atoms with Crippen LogP contribution in [0, 0.1) is 5.82 Å². The van der Waals surface area contributed by atoms with Crippen LogP contribution in [0.3, 0.4) is 0 Å². The van der Waals surface area contributed by atoms with E-state index in [0.29, 0.717) is 6.54 Å². The fourth-order valence-corrected chi connectivity index (χ4v) is 5.33. The first-order valence-electron chi connectivity index (χ1n) is 15.1. The lowest BCUT2D eigenvalue weighted by Crippen LogP contribution is -2.38. The van der Waals surface area contributed by atoms with Gasteiger partial charge in [-0.25, -0.2) is 9.18 Å². The van der Waals surface area contributed by atoms with Crippen LogP contribution in [0.1, 0.15) is 68.1 Å². The van der Waals surface area contributed by atoms with Gasteiger partial charge in [-0.05, 0) is 62.1 Å². The SMILES string of the molecule is O=C(Nc1ccccc1-c1ccccc1)OC1CCN(CCCCCCCCCNC(=O)c2cc(F)ccc2O)CC1. The highest BCUT2D eigenvalue weighted by Gasteiger charge is 2.22. The predicted octanol–water partition coefficient (Wildman–Crippen LogP) is 7.37. The van der Waals surface area contributed by atoms with E-state index in [1.807, 2.05) is 54.6 Å². The van der Waals surface area contributed by atoms with E-state index >= 15 is 0 Å². The second kappa shape index (κ2) is 16.5. The van der Waals surface area contributed by atoms with E-state index in [-0.39, 0.29) is 17.4 Å². The summed E-state index contributed by atoms with van der Waals surface area (Å²) < 4.78 is 19.0. The maximum absolute atomic E-state index is 13.3. The minimum Gasteiger partial charge on any atom is -0.507 e. The number of phenolic OH excluding ortho intramolecular Hbond substituents is 1. The fraction of sp³-hybridized carbons (Fsp3) is 0.412. The number of phenols is 1. The highest BCUT2D eigenvalue weighted by Crippen LogP contribution is 2.28. The molecule has 3 N–H and O–H groups in total. The third-order valence-electron chi connectivity index (χ3n) is 7.70. The van der Waals surface area contributed by atoms with Crippen LogP contribution in [0.15, 0.2) is 72.8 Å². The summed E-state index contributed by atoms with van der Waals surface area (Å²) in [6.07, 6.45) is 8.94. The van der Waals surface area contributed by atoms with Crippen LogP contribution in [-0.2, 0) is 4.74 Å². The Kier molecular flexibility index (Phi) is 12.2. The lowest BCUT2D eigenvalue weighted by molar-refractivity contribution is 0.0584. The molecule has 0 bridgehead atoms. The molecule has 7 nitrogen and oxygen atoms in total. The predicted molar refractivity (Wildman–Crippen MR) is 164 cm³/mol. The normalized spacial score (nSPS) is 13.9.